The normalized spacial score (nSPS) is 10.8. The van der Waals surface area contributed by atoms with E-state index < -0.39 is 4.92 Å². The van der Waals surface area contributed by atoms with Gasteiger partial charge in [0.05, 0.1) is 23.0 Å². The SMILES string of the molecule is CCOc1ccc(-c2ccc3nnc(SCC(=O)Nc4cccc([N+](=O)[O-])c4)n3n2)cc1. The second-order valence-electron chi connectivity index (χ2n) is 6.57. The number of nitrogens with one attached hydrogen (secondary N) is 1. The summed E-state index contributed by atoms with van der Waals surface area (Å²) in [4.78, 5) is 22.7. The fourth-order valence-electron chi connectivity index (χ4n) is 2.93. The summed E-state index contributed by atoms with van der Waals surface area (Å²) in [6, 6.07) is 17.0. The maximum Gasteiger partial charge on any atom is 0.271 e. The van der Waals surface area contributed by atoms with E-state index in [2.05, 4.69) is 20.6 Å². The summed E-state index contributed by atoms with van der Waals surface area (Å²) in [7, 11) is 0. The Morgan fingerprint density at radius 1 is 1.16 bits per heavy atom. The molecular weight excluding hydrogens is 432 g/mol. The molecule has 2 heterocycles. The van der Waals surface area contributed by atoms with E-state index in [1.807, 2.05) is 37.3 Å². The van der Waals surface area contributed by atoms with Crippen LogP contribution in [0.3, 0.4) is 0 Å². The lowest BCUT2D eigenvalue weighted by Crippen LogP contribution is -2.14. The molecule has 162 valence electrons. The Morgan fingerprint density at radius 3 is 2.72 bits per heavy atom. The van der Waals surface area contributed by atoms with Crippen LogP contribution in [0.5, 0.6) is 5.75 Å². The first kappa shape index (κ1) is 21.2. The molecule has 11 heteroatoms. The van der Waals surface area contributed by atoms with E-state index >= 15 is 0 Å². The van der Waals surface area contributed by atoms with E-state index in [9.17, 15) is 14.9 Å². The monoisotopic (exact) mass is 450 g/mol. The van der Waals surface area contributed by atoms with Crippen LogP contribution >= 0.6 is 11.8 Å². The van der Waals surface area contributed by atoms with Gasteiger partial charge < -0.3 is 10.1 Å². The molecule has 4 aromatic rings. The average Bonchev–Trinajstić information content (AvgIpc) is 3.21. The molecule has 0 spiro atoms. The van der Waals surface area contributed by atoms with Gasteiger partial charge in [-0.3, -0.25) is 14.9 Å². The van der Waals surface area contributed by atoms with Crippen molar-refractivity contribution in [2.24, 2.45) is 0 Å². The number of nitro groups is 1. The Bertz CT molecular complexity index is 1280. The Balaban J connectivity index is 1.46. The van der Waals surface area contributed by atoms with E-state index in [0.29, 0.717) is 23.1 Å². The first-order chi connectivity index (χ1) is 15.5. The number of carbonyl (C=O) groups is 1. The molecule has 0 radical (unpaired) electrons. The zero-order valence-corrected chi connectivity index (χ0v) is 17.8. The average molecular weight is 450 g/mol. The van der Waals surface area contributed by atoms with Gasteiger partial charge in [-0.25, -0.2) is 0 Å². The molecule has 0 atom stereocenters. The van der Waals surface area contributed by atoms with Gasteiger partial charge in [0.15, 0.2) is 5.65 Å². The number of anilines is 1. The summed E-state index contributed by atoms with van der Waals surface area (Å²) in [5.74, 6) is 0.501. The highest BCUT2D eigenvalue weighted by Gasteiger charge is 2.13. The van der Waals surface area contributed by atoms with Crippen molar-refractivity contribution in [2.75, 3.05) is 17.7 Å². The number of fused-ring (bicyclic) bond motifs is 1. The molecular formula is C21H18N6O4S. The van der Waals surface area contributed by atoms with Crippen molar-refractivity contribution >= 4 is 34.7 Å². The third-order valence-electron chi connectivity index (χ3n) is 4.37. The van der Waals surface area contributed by atoms with Crippen molar-refractivity contribution in [3.8, 4) is 17.0 Å². The maximum atomic E-state index is 12.3. The highest BCUT2D eigenvalue weighted by molar-refractivity contribution is 7.99. The molecule has 0 bridgehead atoms. The van der Waals surface area contributed by atoms with E-state index in [1.54, 1.807) is 16.6 Å². The quantitative estimate of drug-likeness (QED) is 0.244. The van der Waals surface area contributed by atoms with Crippen molar-refractivity contribution in [1.82, 2.24) is 19.8 Å². The van der Waals surface area contributed by atoms with Gasteiger partial charge in [0.1, 0.15) is 5.75 Å². The number of thioether (sulfide) groups is 1. The molecule has 1 N–H and O–H groups in total. The molecule has 0 unspecified atom stereocenters. The Kier molecular flexibility index (Phi) is 6.26. The lowest BCUT2D eigenvalue weighted by Gasteiger charge is -2.06. The summed E-state index contributed by atoms with van der Waals surface area (Å²) < 4.78 is 7.05. The van der Waals surface area contributed by atoms with Crippen LogP contribution in [-0.4, -0.2) is 43.0 Å². The second-order valence-corrected chi connectivity index (χ2v) is 7.52. The van der Waals surface area contributed by atoms with E-state index in [0.717, 1.165) is 17.0 Å². The fraction of sp³-hybridized carbons (Fsp3) is 0.143. The lowest BCUT2D eigenvalue weighted by molar-refractivity contribution is -0.384. The third-order valence-corrected chi connectivity index (χ3v) is 5.29. The van der Waals surface area contributed by atoms with Crippen molar-refractivity contribution < 1.29 is 14.5 Å². The first-order valence-corrected chi connectivity index (χ1v) is 10.6. The van der Waals surface area contributed by atoms with Gasteiger partial charge in [0.2, 0.25) is 11.1 Å². The lowest BCUT2D eigenvalue weighted by atomic mass is 10.1. The molecule has 4 rings (SSSR count). The van der Waals surface area contributed by atoms with Crippen LogP contribution in [-0.2, 0) is 4.79 Å². The molecule has 0 saturated heterocycles. The van der Waals surface area contributed by atoms with Crippen LogP contribution in [0.15, 0.2) is 65.8 Å². The molecule has 2 aromatic carbocycles. The van der Waals surface area contributed by atoms with Crippen LogP contribution in [0.2, 0.25) is 0 Å². The van der Waals surface area contributed by atoms with E-state index in [4.69, 9.17) is 4.74 Å². The number of amides is 1. The topological polar surface area (TPSA) is 125 Å². The summed E-state index contributed by atoms with van der Waals surface area (Å²) in [6.45, 7) is 2.53. The smallest absolute Gasteiger partial charge is 0.271 e. The summed E-state index contributed by atoms with van der Waals surface area (Å²) in [5, 5.41) is 26.8. The predicted molar refractivity (Wildman–Crippen MR) is 120 cm³/mol. The van der Waals surface area contributed by atoms with Crippen LogP contribution in [0.25, 0.3) is 16.9 Å². The second kappa shape index (κ2) is 9.43. The number of ether oxygens (including phenoxy) is 1. The molecule has 0 aliphatic heterocycles. The Labute approximate surface area is 186 Å². The Morgan fingerprint density at radius 2 is 1.97 bits per heavy atom. The van der Waals surface area contributed by atoms with Gasteiger partial charge in [0.25, 0.3) is 5.69 Å². The van der Waals surface area contributed by atoms with Crippen molar-refractivity contribution in [3.05, 3.63) is 70.8 Å². The Hall–Kier alpha value is -3.99. The van der Waals surface area contributed by atoms with Gasteiger partial charge >= 0.3 is 0 Å². The van der Waals surface area contributed by atoms with Gasteiger partial charge in [-0.2, -0.15) is 9.61 Å². The summed E-state index contributed by atoms with van der Waals surface area (Å²) in [5.41, 5.74) is 2.45. The number of carbonyl (C=O) groups excluding carboxylic acids is 1. The first-order valence-electron chi connectivity index (χ1n) is 9.66. The minimum Gasteiger partial charge on any atom is -0.494 e. The number of hydrogen-bond acceptors (Lipinski definition) is 8. The molecule has 0 aliphatic carbocycles. The van der Waals surface area contributed by atoms with Crippen molar-refractivity contribution in [3.63, 3.8) is 0 Å². The molecule has 32 heavy (non-hydrogen) atoms. The third kappa shape index (κ3) is 4.83. The predicted octanol–water partition coefficient (Wildman–Crippen LogP) is 3.83. The van der Waals surface area contributed by atoms with E-state index in [-0.39, 0.29) is 17.3 Å². The standard InChI is InChI=1S/C21H18N6O4S/c1-2-31-17-8-6-14(7-9-17)18-10-11-19-23-24-21(26(19)25-18)32-13-20(28)22-15-4-3-5-16(12-15)27(29)30/h3-12H,2,13H2,1H3,(H,22,28). The van der Waals surface area contributed by atoms with Gasteiger partial charge in [0, 0.05) is 23.4 Å². The molecule has 2 aromatic heterocycles. The zero-order chi connectivity index (χ0) is 22.5. The molecule has 0 fully saturated rings. The van der Waals surface area contributed by atoms with Gasteiger partial charge in [-0.1, -0.05) is 17.8 Å². The zero-order valence-electron chi connectivity index (χ0n) is 17.0. The van der Waals surface area contributed by atoms with Crippen molar-refractivity contribution in [1.29, 1.82) is 0 Å². The number of rotatable bonds is 8. The van der Waals surface area contributed by atoms with Crippen LogP contribution in [0.4, 0.5) is 11.4 Å². The van der Waals surface area contributed by atoms with Crippen LogP contribution in [0.1, 0.15) is 6.92 Å². The number of non-ortho nitro benzene ring substituents is 1. The molecule has 10 nitrogen and oxygen atoms in total. The molecule has 0 aliphatic rings. The van der Waals surface area contributed by atoms with E-state index in [1.165, 1.54) is 30.0 Å². The highest BCUT2D eigenvalue weighted by atomic mass is 32.2. The maximum absolute atomic E-state index is 12.3. The van der Waals surface area contributed by atoms with Crippen LogP contribution in [0, 0.1) is 10.1 Å². The van der Waals surface area contributed by atoms with Crippen molar-refractivity contribution in [2.45, 2.75) is 12.1 Å². The highest BCUT2D eigenvalue weighted by Crippen LogP contribution is 2.23. The minimum absolute atomic E-state index is 0.0401. The minimum atomic E-state index is -0.514. The fourth-order valence-corrected chi connectivity index (χ4v) is 3.61. The number of hydrogen-bond donors (Lipinski definition) is 1. The van der Waals surface area contributed by atoms with Gasteiger partial charge in [-0.15, -0.1) is 10.2 Å². The summed E-state index contributed by atoms with van der Waals surface area (Å²) >= 11 is 1.17. The van der Waals surface area contributed by atoms with Gasteiger partial charge in [-0.05, 0) is 49.4 Å². The van der Waals surface area contributed by atoms with Crippen LogP contribution < -0.4 is 10.1 Å². The number of nitro benzene ring substituents is 1. The number of aromatic nitrogens is 4. The summed E-state index contributed by atoms with van der Waals surface area (Å²) in [6.07, 6.45) is 0. The molecule has 0 saturated carbocycles. The number of nitrogens with zero attached hydrogens (tertiary/aromatic N) is 5. The molecule has 1 amide bonds. The number of benzene rings is 2. The largest absolute Gasteiger partial charge is 0.494 e.